The lowest BCUT2D eigenvalue weighted by Crippen LogP contribution is -2.13. The summed E-state index contributed by atoms with van der Waals surface area (Å²) in [4.78, 5) is 56.5. The Balaban J connectivity index is 1.44. The number of rotatable bonds is 43. The molecular weight excluding hydrogens is 989 g/mol. The Bertz CT molecular complexity index is 2460. The first-order valence-electron chi connectivity index (χ1n) is 23.6. The van der Waals surface area contributed by atoms with Gasteiger partial charge in [-0.25, -0.2) is 38.9 Å². The molecule has 0 aliphatic rings. The Morgan fingerprint density at radius 1 is 0.408 bits per heavy atom. The molecule has 0 atom stereocenters. The number of carbonyl (C=O) groups is 2. The predicted octanol–water partition coefficient (Wildman–Crippen LogP) is 9.84. The molecule has 0 heterocycles. The molecule has 4 aromatic rings. The Hall–Kier alpha value is -8.14. The lowest BCUT2D eigenvalue weighted by Gasteiger charge is -2.19. The van der Waals surface area contributed by atoms with E-state index >= 15 is 0 Å². The van der Waals surface area contributed by atoms with Gasteiger partial charge in [-0.3, -0.25) is 0 Å². The molecule has 4 aromatic carbocycles. The van der Waals surface area contributed by atoms with Crippen LogP contribution in [0.4, 0.5) is 0 Å². The second kappa shape index (κ2) is 37.6. The third kappa shape index (κ3) is 23.0. The van der Waals surface area contributed by atoms with Gasteiger partial charge >= 0.3 is 11.9 Å². The first-order valence-corrected chi connectivity index (χ1v) is 23.6. The molecule has 0 fully saturated rings. The van der Waals surface area contributed by atoms with E-state index in [1.54, 1.807) is 91.0 Å². The Morgan fingerprint density at radius 2 is 0.829 bits per heavy atom. The standard InChI is InChI=1S/C57H64O19/c1-7-29-69-72-40-38-65-52-26-18-47(55(66-36-33-61-11-5)57(52)68-39-41-73-70-30-8-2)20-28-54(59)76-49-23-15-45(16-24-49)44-13-21-48(22-14-44)75-53(58)27-19-46-17-25-51(64-35-32-60-10-4)56(67-37-34-62-12-6)50(46)42-63-43-74-71-31-9-3/h7-28H,1-6,29-43H2/b27-19+,28-20+. The molecule has 0 unspecified atom stereocenters. The van der Waals surface area contributed by atoms with Crippen LogP contribution < -0.4 is 33.2 Å². The van der Waals surface area contributed by atoms with Crippen molar-refractivity contribution in [1.82, 2.24) is 0 Å². The van der Waals surface area contributed by atoms with Crippen molar-refractivity contribution in [2.75, 3.05) is 92.7 Å². The molecule has 0 saturated heterocycles. The third-order valence-corrected chi connectivity index (χ3v) is 9.37. The molecule has 0 spiro atoms. The zero-order valence-corrected chi connectivity index (χ0v) is 42.3. The molecule has 4 rings (SSSR count). The van der Waals surface area contributed by atoms with E-state index in [1.807, 2.05) is 0 Å². The first kappa shape index (κ1) is 60.4. The van der Waals surface area contributed by atoms with Crippen LogP contribution in [0, 0.1) is 0 Å². The maximum Gasteiger partial charge on any atom is 0.336 e. The van der Waals surface area contributed by atoms with E-state index in [-0.39, 0.29) is 111 Å². The second-order valence-corrected chi connectivity index (χ2v) is 14.6. The van der Waals surface area contributed by atoms with Crippen molar-refractivity contribution in [2.45, 2.75) is 6.61 Å². The van der Waals surface area contributed by atoms with Crippen LogP contribution in [0.25, 0.3) is 23.3 Å². The van der Waals surface area contributed by atoms with Crippen LogP contribution in [0.3, 0.4) is 0 Å². The molecule has 406 valence electrons. The zero-order valence-electron chi connectivity index (χ0n) is 42.3. The summed E-state index contributed by atoms with van der Waals surface area (Å²) < 4.78 is 62.8. The van der Waals surface area contributed by atoms with Gasteiger partial charge in [0.1, 0.15) is 97.4 Å². The Kier molecular flexibility index (Phi) is 29.9. The Labute approximate surface area is 442 Å². The fraction of sp³-hybridized carbons (Fsp3) is 0.263. The second-order valence-electron chi connectivity index (χ2n) is 14.6. The maximum atomic E-state index is 13.1. The van der Waals surface area contributed by atoms with Crippen molar-refractivity contribution in [3.8, 4) is 51.4 Å². The fourth-order valence-corrected chi connectivity index (χ4v) is 6.15. The number of benzene rings is 4. The van der Waals surface area contributed by atoms with Crippen molar-refractivity contribution in [3.05, 3.63) is 178 Å². The molecule has 0 radical (unpaired) electrons. The molecule has 0 aliphatic carbocycles. The summed E-state index contributed by atoms with van der Waals surface area (Å²) in [7, 11) is 0. The zero-order chi connectivity index (χ0) is 54.3. The van der Waals surface area contributed by atoms with Gasteiger partial charge in [-0.2, -0.15) is 0 Å². The van der Waals surface area contributed by atoms with Crippen molar-refractivity contribution in [2.24, 2.45) is 0 Å². The van der Waals surface area contributed by atoms with E-state index in [4.69, 9.17) is 81.4 Å². The molecule has 0 saturated carbocycles. The van der Waals surface area contributed by atoms with Gasteiger partial charge in [0.25, 0.3) is 0 Å². The summed E-state index contributed by atoms with van der Waals surface area (Å²) in [6, 6.07) is 20.6. The van der Waals surface area contributed by atoms with Crippen LogP contribution in [0.5, 0.6) is 40.2 Å². The third-order valence-electron chi connectivity index (χ3n) is 9.37. The van der Waals surface area contributed by atoms with E-state index in [0.717, 1.165) is 11.1 Å². The predicted molar refractivity (Wildman–Crippen MR) is 281 cm³/mol. The highest BCUT2D eigenvalue weighted by Gasteiger charge is 2.20. The summed E-state index contributed by atoms with van der Waals surface area (Å²) in [6.07, 6.45) is 14.2. The highest BCUT2D eigenvalue weighted by atomic mass is 17.2. The fourth-order valence-electron chi connectivity index (χ4n) is 6.15. The molecule has 0 amide bonds. The molecular formula is C57H64O19. The summed E-state index contributed by atoms with van der Waals surface area (Å²) in [5, 5.41) is 0. The van der Waals surface area contributed by atoms with E-state index in [1.165, 1.54) is 43.1 Å². The van der Waals surface area contributed by atoms with Crippen LogP contribution in [0.1, 0.15) is 16.7 Å². The molecule has 0 aromatic heterocycles. The summed E-state index contributed by atoms with van der Waals surface area (Å²) >= 11 is 0. The monoisotopic (exact) mass is 1050 g/mol. The average molecular weight is 1050 g/mol. The normalized spacial score (nSPS) is 10.8. The van der Waals surface area contributed by atoms with Gasteiger partial charge in [0.15, 0.2) is 29.8 Å². The molecule has 19 heteroatoms. The first-order chi connectivity index (χ1) is 37.3. The van der Waals surface area contributed by atoms with E-state index in [9.17, 15) is 9.59 Å². The smallest absolute Gasteiger partial charge is 0.336 e. The van der Waals surface area contributed by atoms with Crippen LogP contribution in [-0.2, 0) is 64.5 Å². The molecule has 19 nitrogen and oxygen atoms in total. The topological polar surface area (TPSA) is 191 Å². The molecule has 0 aliphatic heterocycles. The number of carbonyl (C=O) groups excluding carboxylic acids is 2. The summed E-state index contributed by atoms with van der Waals surface area (Å²) in [5.41, 5.74) is 3.20. The summed E-state index contributed by atoms with van der Waals surface area (Å²) in [6.45, 7) is 23.2. The number of ether oxygens (including phenoxy) is 11. The van der Waals surface area contributed by atoms with Gasteiger partial charge in [0, 0.05) is 23.3 Å². The SMILES string of the molecule is C=CCOOCCOc1ccc(/C=C/C(=O)Oc2ccc(-c3ccc(OC(=O)/C=C/c4ccc(OCCOC=C)c(OCCOC=C)c4COCOOCC=C)cc3)cc2)c(OCCOC=C)c1OCCOOCC=C. The summed E-state index contributed by atoms with van der Waals surface area (Å²) in [5.74, 6) is 0.850. The van der Waals surface area contributed by atoms with Gasteiger partial charge < -0.3 is 52.1 Å². The van der Waals surface area contributed by atoms with Gasteiger partial charge in [0.2, 0.25) is 5.75 Å². The minimum absolute atomic E-state index is 0.0164. The van der Waals surface area contributed by atoms with Gasteiger partial charge in [0.05, 0.1) is 25.4 Å². The van der Waals surface area contributed by atoms with E-state index in [2.05, 4.69) is 39.5 Å². The van der Waals surface area contributed by atoms with E-state index in [0.29, 0.717) is 45.4 Å². The minimum atomic E-state index is -0.662. The van der Waals surface area contributed by atoms with Gasteiger partial charge in [-0.05, 0) is 71.3 Å². The van der Waals surface area contributed by atoms with Crippen molar-refractivity contribution in [3.63, 3.8) is 0 Å². The highest BCUT2D eigenvalue weighted by molar-refractivity contribution is 5.90. The Morgan fingerprint density at radius 3 is 1.34 bits per heavy atom. The van der Waals surface area contributed by atoms with Gasteiger partial charge in [-0.15, -0.1) is 19.7 Å². The van der Waals surface area contributed by atoms with Crippen molar-refractivity contribution >= 4 is 24.1 Å². The van der Waals surface area contributed by atoms with Gasteiger partial charge in [-0.1, -0.05) is 68.3 Å². The average Bonchev–Trinajstić information content (AvgIpc) is 3.43. The number of hydrogen-bond donors (Lipinski definition) is 0. The number of esters is 2. The molecule has 76 heavy (non-hydrogen) atoms. The van der Waals surface area contributed by atoms with Crippen molar-refractivity contribution in [1.29, 1.82) is 0 Å². The van der Waals surface area contributed by atoms with Crippen LogP contribution in [0.15, 0.2) is 161 Å². The largest absolute Gasteiger partial charge is 0.498 e. The molecule has 0 bridgehead atoms. The minimum Gasteiger partial charge on any atom is -0.498 e. The van der Waals surface area contributed by atoms with Crippen LogP contribution in [0.2, 0.25) is 0 Å². The molecule has 0 N–H and O–H groups in total. The lowest BCUT2D eigenvalue weighted by atomic mass is 10.1. The quantitative estimate of drug-likeness (QED) is 0.00468. The lowest BCUT2D eigenvalue weighted by molar-refractivity contribution is -0.331. The maximum absolute atomic E-state index is 13.1. The number of hydrogen-bond acceptors (Lipinski definition) is 19. The van der Waals surface area contributed by atoms with Crippen LogP contribution in [-0.4, -0.2) is 105 Å². The van der Waals surface area contributed by atoms with Crippen molar-refractivity contribution < 1.29 is 91.0 Å². The van der Waals surface area contributed by atoms with E-state index < -0.39 is 11.9 Å². The highest BCUT2D eigenvalue weighted by Crippen LogP contribution is 2.41. The van der Waals surface area contributed by atoms with Crippen LogP contribution >= 0.6 is 0 Å².